The molecule has 0 saturated carbocycles. The number of ether oxygens (including phenoxy) is 1. The summed E-state index contributed by atoms with van der Waals surface area (Å²) >= 11 is 3.10. The lowest BCUT2D eigenvalue weighted by molar-refractivity contribution is -0.137. The van der Waals surface area contributed by atoms with Gasteiger partial charge in [0.15, 0.2) is 0 Å². The zero-order valence-corrected chi connectivity index (χ0v) is 10.6. The van der Waals surface area contributed by atoms with Crippen molar-refractivity contribution in [3.63, 3.8) is 0 Å². The lowest BCUT2D eigenvalue weighted by atomic mass is 10.1. The second-order valence-corrected chi connectivity index (χ2v) is 4.69. The van der Waals surface area contributed by atoms with E-state index in [2.05, 4.69) is 21.2 Å². The van der Waals surface area contributed by atoms with Crippen molar-refractivity contribution in [1.29, 1.82) is 0 Å². The third kappa shape index (κ3) is 2.84. The molecule has 7 heteroatoms. The molecule has 1 amide bonds. The maximum Gasteiger partial charge on any atom is 0.416 e. The molecule has 2 rings (SSSR count). The minimum Gasteiger partial charge on any atom is -0.362 e. The van der Waals surface area contributed by atoms with Crippen LogP contribution in [0.4, 0.5) is 13.2 Å². The van der Waals surface area contributed by atoms with E-state index in [1.165, 1.54) is 6.07 Å². The fourth-order valence-corrected chi connectivity index (χ4v) is 2.29. The molecule has 0 spiro atoms. The van der Waals surface area contributed by atoms with Crippen LogP contribution in [0.1, 0.15) is 17.2 Å². The van der Waals surface area contributed by atoms with E-state index in [1.54, 1.807) is 0 Å². The van der Waals surface area contributed by atoms with Crippen LogP contribution < -0.4 is 5.32 Å². The zero-order chi connectivity index (χ0) is 13.3. The van der Waals surface area contributed by atoms with E-state index >= 15 is 0 Å². The first kappa shape index (κ1) is 13.4. The van der Waals surface area contributed by atoms with Crippen molar-refractivity contribution in [2.45, 2.75) is 12.3 Å². The van der Waals surface area contributed by atoms with Gasteiger partial charge in [-0.2, -0.15) is 13.2 Å². The maximum atomic E-state index is 12.5. The lowest BCUT2D eigenvalue weighted by Crippen LogP contribution is -2.38. The number of carbonyl (C=O) groups is 1. The summed E-state index contributed by atoms with van der Waals surface area (Å²) in [6, 6.07) is 3.37. The summed E-state index contributed by atoms with van der Waals surface area (Å²) in [6.07, 6.45) is -4.80. The summed E-state index contributed by atoms with van der Waals surface area (Å²) in [7, 11) is 0. The molecule has 0 radical (unpaired) electrons. The molecule has 1 aromatic rings. The van der Waals surface area contributed by atoms with Crippen molar-refractivity contribution in [2.24, 2.45) is 0 Å². The molecule has 0 bridgehead atoms. The molecule has 1 atom stereocenters. The molecular formula is C11H9BrF3NO2. The second-order valence-electron chi connectivity index (χ2n) is 3.84. The quantitative estimate of drug-likeness (QED) is 0.862. The third-order valence-corrected chi connectivity index (χ3v) is 3.26. The van der Waals surface area contributed by atoms with Gasteiger partial charge in [0.1, 0.15) is 12.7 Å². The zero-order valence-electron chi connectivity index (χ0n) is 9.05. The number of nitrogens with one attached hydrogen (secondary N) is 1. The third-order valence-electron chi connectivity index (χ3n) is 2.57. The second kappa shape index (κ2) is 4.89. The fourth-order valence-electron chi connectivity index (χ4n) is 1.66. The van der Waals surface area contributed by atoms with Gasteiger partial charge in [0, 0.05) is 11.0 Å². The van der Waals surface area contributed by atoms with Crippen molar-refractivity contribution in [1.82, 2.24) is 5.32 Å². The lowest BCUT2D eigenvalue weighted by Gasteiger charge is -2.24. The Labute approximate surface area is 109 Å². The van der Waals surface area contributed by atoms with E-state index < -0.39 is 17.8 Å². The Morgan fingerprint density at radius 2 is 2.11 bits per heavy atom. The molecule has 1 fully saturated rings. The van der Waals surface area contributed by atoms with Gasteiger partial charge in [-0.3, -0.25) is 4.79 Å². The van der Waals surface area contributed by atoms with Crippen LogP contribution in [0.15, 0.2) is 22.7 Å². The van der Waals surface area contributed by atoms with Crippen LogP contribution in [0, 0.1) is 0 Å². The predicted octanol–water partition coefficient (Wildman–Crippen LogP) is 2.66. The Hall–Kier alpha value is -1.08. The largest absolute Gasteiger partial charge is 0.416 e. The van der Waals surface area contributed by atoms with Crippen LogP contribution in [0.3, 0.4) is 0 Å². The first-order valence-corrected chi connectivity index (χ1v) is 5.92. The first-order chi connectivity index (χ1) is 8.38. The summed E-state index contributed by atoms with van der Waals surface area (Å²) in [5.74, 6) is -0.228. The van der Waals surface area contributed by atoms with E-state index in [4.69, 9.17) is 4.74 Å². The standard InChI is InChI=1S/C11H9BrF3NO2/c12-8-3-6(11(13,14)15)1-2-7(8)9-4-16-10(17)5-18-9/h1-3,9H,4-5H2,(H,16,17)/t9-/m0/s1. The van der Waals surface area contributed by atoms with E-state index in [9.17, 15) is 18.0 Å². The number of benzene rings is 1. The van der Waals surface area contributed by atoms with Gasteiger partial charge in [0.25, 0.3) is 0 Å². The number of alkyl halides is 3. The molecule has 1 saturated heterocycles. The Bertz CT molecular complexity index is 466. The minimum absolute atomic E-state index is 0.0852. The van der Waals surface area contributed by atoms with Crippen LogP contribution in [0.25, 0.3) is 0 Å². The summed E-state index contributed by atoms with van der Waals surface area (Å²) in [6.45, 7) is 0.168. The number of hydrogen-bond acceptors (Lipinski definition) is 2. The molecule has 0 aromatic heterocycles. The van der Waals surface area contributed by atoms with Crippen molar-refractivity contribution in [3.05, 3.63) is 33.8 Å². The van der Waals surface area contributed by atoms with Gasteiger partial charge < -0.3 is 10.1 Å². The highest BCUT2D eigenvalue weighted by Gasteiger charge is 2.31. The minimum atomic E-state index is -4.37. The average molecular weight is 324 g/mol. The first-order valence-electron chi connectivity index (χ1n) is 5.13. The summed E-state index contributed by atoms with van der Waals surface area (Å²) in [5, 5.41) is 2.60. The SMILES string of the molecule is O=C1CO[C@H](c2ccc(C(F)(F)F)cc2Br)CN1. The summed E-state index contributed by atoms with van der Waals surface area (Å²) in [4.78, 5) is 10.9. The summed E-state index contributed by atoms with van der Waals surface area (Å²) < 4.78 is 43.0. The Morgan fingerprint density at radius 3 is 2.61 bits per heavy atom. The molecular weight excluding hydrogens is 315 g/mol. The number of amides is 1. The van der Waals surface area contributed by atoms with Crippen molar-refractivity contribution < 1.29 is 22.7 Å². The van der Waals surface area contributed by atoms with Gasteiger partial charge >= 0.3 is 6.18 Å². The highest BCUT2D eigenvalue weighted by Crippen LogP contribution is 2.34. The fraction of sp³-hybridized carbons (Fsp3) is 0.364. The van der Waals surface area contributed by atoms with Crippen molar-refractivity contribution in [2.75, 3.05) is 13.2 Å². The van der Waals surface area contributed by atoms with Crippen LogP contribution >= 0.6 is 15.9 Å². The number of hydrogen-bond donors (Lipinski definition) is 1. The average Bonchev–Trinajstić information content (AvgIpc) is 2.29. The van der Waals surface area contributed by atoms with E-state index in [-0.39, 0.29) is 19.1 Å². The molecule has 0 aliphatic carbocycles. The Kier molecular flexibility index (Phi) is 3.63. The Morgan fingerprint density at radius 1 is 1.39 bits per heavy atom. The summed E-state index contributed by atoms with van der Waals surface area (Å²) in [5.41, 5.74) is -0.138. The molecule has 1 aliphatic rings. The molecule has 18 heavy (non-hydrogen) atoms. The van der Waals surface area contributed by atoms with Crippen molar-refractivity contribution in [3.8, 4) is 0 Å². The van der Waals surface area contributed by atoms with Crippen LogP contribution in [0.2, 0.25) is 0 Å². The van der Waals surface area contributed by atoms with E-state index in [0.717, 1.165) is 12.1 Å². The van der Waals surface area contributed by atoms with Gasteiger partial charge in [-0.15, -0.1) is 0 Å². The molecule has 1 heterocycles. The van der Waals surface area contributed by atoms with Gasteiger partial charge in [-0.25, -0.2) is 0 Å². The van der Waals surface area contributed by atoms with Gasteiger partial charge in [-0.1, -0.05) is 22.0 Å². The Balaban J connectivity index is 2.22. The molecule has 1 N–H and O–H groups in total. The predicted molar refractivity (Wildman–Crippen MR) is 60.8 cm³/mol. The molecule has 1 aliphatic heterocycles. The number of halogens is 4. The van der Waals surface area contributed by atoms with Gasteiger partial charge in [0.05, 0.1) is 5.56 Å². The van der Waals surface area contributed by atoms with Gasteiger partial charge in [0.2, 0.25) is 5.91 Å². The number of rotatable bonds is 1. The molecule has 98 valence electrons. The highest BCUT2D eigenvalue weighted by atomic mass is 79.9. The molecule has 0 unspecified atom stereocenters. The van der Waals surface area contributed by atoms with Crippen LogP contribution in [-0.4, -0.2) is 19.1 Å². The van der Waals surface area contributed by atoms with Crippen LogP contribution in [0.5, 0.6) is 0 Å². The molecule has 3 nitrogen and oxygen atoms in total. The van der Waals surface area contributed by atoms with Crippen LogP contribution in [-0.2, 0) is 15.7 Å². The smallest absolute Gasteiger partial charge is 0.362 e. The monoisotopic (exact) mass is 323 g/mol. The number of morpholine rings is 1. The normalized spacial score (nSPS) is 20.7. The van der Waals surface area contributed by atoms with E-state index in [0.29, 0.717) is 10.0 Å². The van der Waals surface area contributed by atoms with E-state index in [1.807, 2.05) is 0 Å². The van der Waals surface area contributed by atoms with Crippen molar-refractivity contribution >= 4 is 21.8 Å². The molecule has 1 aromatic carbocycles. The van der Waals surface area contributed by atoms with Gasteiger partial charge in [-0.05, 0) is 17.7 Å². The maximum absolute atomic E-state index is 12.5. The number of carbonyl (C=O) groups excluding carboxylic acids is 1. The topological polar surface area (TPSA) is 38.3 Å². The highest BCUT2D eigenvalue weighted by molar-refractivity contribution is 9.10.